The summed E-state index contributed by atoms with van der Waals surface area (Å²) in [6.45, 7) is 16.7. The van der Waals surface area contributed by atoms with Gasteiger partial charge in [-0.05, 0) is 100 Å². The smallest absolute Gasteiger partial charge is 0.0809 e. The molecular weight excluding hydrogens is 408 g/mol. The summed E-state index contributed by atoms with van der Waals surface area (Å²) in [6, 6.07) is 0. The standard InChI is InChI=1S/C30H52O3/c1-8-30(33,9-2)19-10-12-22(4)26-16-17-27-25(13-11-18-29(26,27)7)15-14-21(3)20-28(32)23(5)24(6)31/h14-15,22,24,26-28,31-33H,5,8-13,16-20H2,1-4,6-7H3/b21-14-,25-15+/t22-,24?,26?,27?,28+,29+/m0/s1. The van der Waals surface area contributed by atoms with Crippen LogP contribution in [0.3, 0.4) is 0 Å². The van der Waals surface area contributed by atoms with E-state index in [4.69, 9.17) is 0 Å². The van der Waals surface area contributed by atoms with E-state index in [0.29, 0.717) is 29.2 Å². The first-order valence-electron chi connectivity index (χ1n) is 13.6. The fourth-order valence-electron chi connectivity index (χ4n) is 6.80. The van der Waals surface area contributed by atoms with Crippen LogP contribution < -0.4 is 0 Å². The minimum Gasteiger partial charge on any atom is -0.390 e. The molecule has 2 aliphatic carbocycles. The molecule has 2 rings (SSSR count). The maximum Gasteiger partial charge on any atom is 0.0809 e. The quantitative estimate of drug-likeness (QED) is 0.272. The first kappa shape index (κ1) is 28.3. The van der Waals surface area contributed by atoms with Gasteiger partial charge in [0.05, 0.1) is 17.8 Å². The molecule has 3 unspecified atom stereocenters. The van der Waals surface area contributed by atoms with Gasteiger partial charge in [0.25, 0.3) is 0 Å². The van der Waals surface area contributed by atoms with E-state index < -0.39 is 17.8 Å². The van der Waals surface area contributed by atoms with Crippen LogP contribution in [0.25, 0.3) is 0 Å². The van der Waals surface area contributed by atoms with E-state index in [-0.39, 0.29) is 0 Å². The van der Waals surface area contributed by atoms with Gasteiger partial charge in [-0.2, -0.15) is 0 Å². The van der Waals surface area contributed by atoms with Crippen LogP contribution in [0.4, 0.5) is 0 Å². The monoisotopic (exact) mass is 460 g/mol. The van der Waals surface area contributed by atoms with E-state index in [2.05, 4.69) is 53.3 Å². The summed E-state index contributed by atoms with van der Waals surface area (Å²) in [5.41, 5.74) is 3.13. The van der Waals surface area contributed by atoms with Crippen molar-refractivity contribution < 1.29 is 15.3 Å². The number of aliphatic hydroxyl groups is 3. The molecule has 0 saturated heterocycles. The zero-order chi connectivity index (χ0) is 24.8. The molecule has 6 atom stereocenters. The molecule has 2 fully saturated rings. The van der Waals surface area contributed by atoms with Gasteiger partial charge >= 0.3 is 0 Å². The molecule has 0 radical (unpaired) electrons. The Bertz CT molecular complexity index is 699. The lowest BCUT2D eigenvalue weighted by Crippen LogP contribution is -2.36. The Morgan fingerprint density at radius 3 is 2.48 bits per heavy atom. The van der Waals surface area contributed by atoms with Crippen molar-refractivity contribution in [3.05, 3.63) is 35.5 Å². The van der Waals surface area contributed by atoms with Gasteiger partial charge in [0.1, 0.15) is 0 Å². The molecule has 2 aliphatic rings. The van der Waals surface area contributed by atoms with Crippen LogP contribution in [0.5, 0.6) is 0 Å². The number of fused-ring (bicyclic) bond motifs is 1. The van der Waals surface area contributed by atoms with Crippen LogP contribution in [0.2, 0.25) is 0 Å². The van der Waals surface area contributed by atoms with Crippen molar-refractivity contribution in [1.29, 1.82) is 0 Å². The number of aliphatic hydroxyl groups excluding tert-OH is 2. The van der Waals surface area contributed by atoms with E-state index in [9.17, 15) is 15.3 Å². The zero-order valence-corrected chi connectivity index (χ0v) is 22.4. The third-order valence-corrected chi connectivity index (χ3v) is 9.40. The molecule has 0 spiro atoms. The molecular formula is C30H52O3. The molecule has 0 aromatic rings. The Morgan fingerprint density at radius 1 is 1.21 bits per heavy atom. The summed E-state index contributed by atoms with van der Waals surface area (Å²) in [6.07, 6.45) is 15.1. The van der Waals surface area contributed by atoms with Crippen LogP contribution in [0.15, 0.2) is 35.5 Å². The SMILES string of the molecule is C=C(C(C)O)[C@H](O)C/C(C)=C\C=C1/CCC[C@@]2(C)C1CCC2[C@@H](C)CCCC(O)(CC)CC. The molecule has 2 saturated carbocycles. The first-order chi connectivity index (χ1) is 15.5. The van der Waals surface area contributed by atoms with Crippen molar-refractivity contribution in [2.24, 2.45) is 23.2 Å². The second kappa shape index (κ2) is 12.2. The lowest BCUT2D eigenvalue weighted by atomic mass is 9.60. The normalized spacial score (nSPS) is 30.2. The van der Waals surface area contributed by atoms with Crippen LogP contribution in [0, 0.1) is 23.2 Å². The lowest BCUT2D eigenvalue weighted by molar-refractivity contribution is 0.0178. The van der Waals surface area contributed by atoms with Crippen LogP contribution in [-0.2, 0) is 0 Å². The highest BCUT2D eigenvalue weighted by Crippen LogP contribution is 2.59. The molecule has 0 aliphatic heterocycles. The Labute approximate surface area is 204 Å². The molecule has 0 heterocycles. The molecule has 0 bridgehead atoms. The summed E-state index contributed by atoms with van der Waals surface area (Å²) >= 11 is 0. The Kier molecular flexibility index (Phi) is 10.5. The maximum absolute atomic E-state index is 10.6. The highest BCUT2D eigenvalue weighted by Gasteiger charge is 2.50. The van der Waals surface area contributed by atoms with Gasteiger partial charge in [-0.1, -0.05) is 70.4 Å². The fraction of sp³-hybridized carbons (Fsp3) is 0.800. The van der Waals surface area contributed by atoms with Gasteiger partial charge in [-0.25, -0.2) is 0 Å². The van der Waals surface area contributed by atoms with E-state index in [1.807, 2.05) is 0 Å². The van der Waals surface area contributed by atoms with Crippen molar-refractivity contribution in [2.75, 3.05) is 0 Å². The third-order valence-electron chi connectivity index (χ3n) is 9.40. The van der Waals surface area contributed by atoms with E-state index in [0.717, 1.165) is 37.2 Å². The highest BCUT2D eigenvalue weighted by atomic mass is 16.3. The van der Waals surface area contributed by atoms with Crippen molar-refractivity contribution in [3.8, 4) is 0 Å². The first-order valence-corrected chi connectivity index (χ1v) is 13.6. The Balaban J connectivity index is 2.02. The summed E-state index contributed by atoms with van der Waals surface area (Å²) in [7, 11) is 0. The van der Waals surface area contributed by atoms with Gasteiger partial charge in [0, 0.05) is 0 Å². The fourth-order valence-corrected chi connectivity index (χ4v) is 6.80. The minimum atomic E-state index is -0.689. The predicted octanol–water partition coefficient (Wildman–Crippen LogP) is 7.12. The Hall–Kier alpha value is -0.900. The molecule has 3 N–H and O–H groups in total. The van der Waals surface area contributed by atoms with Crippen molar-refractivity contribution in [3.63, 3.8) is 0 Å². The summed E-state index contributed by atoms with van der Waals surface area (Å²) in [4.78, 5) is 0. The highest BCUT2D eigenvalue weighted by molar-refractivity contribution is 5.25. The minimum absolute atomic E-state index is 0.386. The Morgan fingerprint density at radius 2 is 1.88 bits per heavy atom. The van der Waals surface area contributed by atoms with Crippen molar-refractivity contribution in [1.82, 2.24) is 0 Å². The van der Waals surface area contributed by atoms with Crippen LogP contribution in [-0.4, -0.2) is 33.1 Å². The molecule has 0 aromatic carbocycles. The number of rotatable bonds is 12. The van der Waals surface area contributed by atoms with Crippen molar-refractivity contribution in [2.45, 2.75) is 130 Å². The van der Waals surface area contributed by atoms with Gasteiger partial charge in [0.2, 0.25) is 0 Å². The summed E-state index contributed by atoms with van der Waals surface area (Å²) < 4.78 is 0. The van der Waals surface area contributed by atoms with E-state index >= 15 is 0 Å². The molecule has 3 nitrogen and oxygen atoms in total. The van der Waals surface area contributed by atoms with E-state index in [1.165, 1.54) is 38.5 Å². The largest absolute Gasteiger partial charge is 0.390 e. The second-order valence-electron chi connectivity index (χ2n) is 11.6. The van der Waals surface area contributed by atoms with Gasteiger partial charge < -0.3 is 15.3 Å². The molecule has 190 valence electrons. The van der Waals surface area contributed by atoms with Crippen molar-refractivity contribution >= 4 is 0 Å². The topological polar surface area (TPSA) is 60.7 Å². The second-order valence-corrected chi connectivity index (χ2v) is 11.6. The number of hydrogen-bond donors (Lipinski definition) is 3. The molecule has 0 aromatic heterocycles. The maximum atomic E-state index is 10.6. The number of hydrogen-bond acceptors (Lipinski definition) is 3. The zero-order valence-electron chi connectivity index (χ0n) is 22.4. The molecule has 3 heteroatoms. The predicted molar refractivity (Wildman–Crippen MR) is 140 cm³/mol. The lowest BCUT2D eigenvalue weighted by Gasteiger charge is -2.44. The van der Waals surface area contributed by atoms with Gasteiger partial charge in [-0.15, -0.1) is 0 Å². The average Bonchev–Trinajstić information content (AvgIpc) is 3.14. The van der Waals surface area contributed by atoms with Crippen LogP contribution in [0.1, 0.15) is 112 Å². The third kappa shape index (κ3) is 7.05. The van der Waals surface area contributed by atoms with Gasteiger partial charge in [-0.3, -0.25) is 0 Å². The summed E-state index contributed by atoms with van der Waals surface area (Å²) in [5.74, 6) is 2.14. The average molecular weight is 461 g/mol. The van der Waals surface area contributed by atoms with Gasteiger partial charge in [0.15, 0.2) is 0 Å². The van der Waals surface area contributed by atoms with Crippen LogP contribution >= 0.6 is 0 Å². The number of allylic oxidation sites excluding steroid dienone is 3. The summed E-state index contributed by atoms with van der Waals surface area (Å²) in [5, 5.41) is 30.6. The molecule has 0 amide bonds. The molecule has 33 heavy (non-hydrogen) atoms. The van der Waals surface area contributed by atoms with E-state index in [1.54, 1.807) is 12.5 Å².